The monoisotopic (exact) mass is 438 g/mol. The van der Waals surface area contributed by atoms with Gasteiger partial charge in [-0.2, -0.15) is 0 Å². The van der Waals surface area contributed by atoms with Crippen LogP contribution in [0.15, 0.2) is 24.8 Å². The van der Waals surface area contributed by atoms with Crippen LogP contribution in [0.4, 0.5) is 0 Å². The summed E-state index contributed by atoms with van der Waals surface area (Å²) in [4.78, 5) is 44.9. The van der Waals surface area contributed by atoms with Crippen molar-refractivity contribution in [2.45, 2.75) is 52.1 Å². The van der Waals surface area contributed by atoms with Crippen LogP contribution in [-0.4, -0.2) is 63.0 Å². The van der Waals surface area contributed by atoms with Gasteiger partial charge in [0.1, 0.15) is 5.69 Å². The Labute approximate surface area is 188 Å². The molecule has 0 radical (unpaired) electrons. The first-order valence-electron chi connectivity index (χ1n) is 11.0. The molecule has 1 aliphatic carbocycles. The first-order valence-corrected chi connectivity index (χ1v) is 11.0. The van der Waals surface area contributed by atoms with Crippen LogP contribution in [-0.2, 0) is 20.7 Å². The number of likely N-dealkylation sites (tertiary alicyclic amines) is 1. The number of methoxy groups -OCH3 is 1. The molecule has 4 rings (SSSR count). The summed E-state index contributed by atoms with van der Waals surface area (Å²) in [7, 11) is 1.61. The molecule has 3 atom stereocenters. The third-order valence-electron chi connectivity index (χ3n) is 6.26. The number of aromatic nitrogens is 4. The smallest absolute Gasteiger partial charge is 0.225 e. The second-order valence-corrected chi connectivity index (χ2v) is 9.54. The fraction of sp³-hybridized carbons (Fsp3) is 0.565. The molecule has 0 saturated carbocycles. The highest BCUT2D eigenvalue weighted by Crippen LogP contribution is 2.40. The van der Waals surface area contributed by atoms with Crippen molar-refractivity contribution in [1.29, 1.82) is 0 Å². The lowest BCUT2D eigenvalue weighted by Crippen LogP contribution is -2.41. The summed E-state index contributed by atoms with van der Waals surface area (Å²) >= 11 is 0. The molecule has 1 saturated heterocycles. The van der Waals surface area contributed by atoms with Crippen LogP contribution in [0.1, 0.15) is 50.9 Å². The van der Waals surface area contributed by atoms with Crippen LogP contribution < -0.4 is 5.32 Å². The summed E-state index contributed by atoms with van der Waals surface area (Å²) in [5.41, 5.74) is 2.43. The fourth-order valence-electron chi connectivity index (χ4n) is 4.67. The third kappa shape index (κ3) is 4.62. The van der Waals surface area contributed by atoms with E-state index < -0.39 is 0 Å². The normalized spacial score (nSPS) is 23.0. The molecule has 0 spiro atoms. The molecule has 2 aromatic rings. The molecule has 170 valence electrons. The molecule has 0 bridgehead atoms. The van der Waals surface area contributed by atoms with Crippen molar-refractivity contribution in [3.8, 4) is 11.5 Å². The predicted octanol–water partition coefficient (Wildman–Crippen LogP) is 1.95. The average molecular weight is 439 g/mol. The molecule has 1 fully saturated rings. The van der Waals surface area contributed by atoms with E-state index in [1.807, 2.05) is 6.92 Å². The second-order valence-electron chi connectivity index (χ2n) is 9.54. The van der Waals surface area contributed by atoms with Gasteiger partial charge < -0.3 is 15.0 Å². The van der Waals surface area contributed by atoms with Gasteiger partial charge >= 0.3 is 0 Å². The van der Waals surface area contributed by atoms with Crippen LogP contribution in [0.25, 0.3) is 11.5 Å². The number of fused-ring (bicyclic) bond motifs is 1. The summed E-state index contributed by atoms with van der Waals surface area (Å²) in [6, 6.07) is -0.245. The van der Waals surface area contributed by atoms with Gasteiger partial charge in [0.25, 0.3) is 0 Å². The summed E-state index contributed by atoms with van der Waals surface area (Å²) in [6.07, 6.45) is 8.46. The van der Waals surface area contributed by atoms with Gasteiger partial charge in [-0.1, -0.05) is 13.8 Å². The van der Waals surface area contributed by atoms with Crippen molar-refractivity contribution in [3.05, 3.63) is 36.0 Å². The van der Waals surface area contributed by atoms with Gasteiger partial charge in [0.2, 0.25) is 11.8 Å². The summed E-state index contributed by atoms with van der Waals surface area (Å²) in [5.74, 6) is 0.0620. The van der Waals surface area contributed by atoms with Gasteiger partial charge in [0.15, 0.2) is 5.82 Å². The lowest BCUT2D eigenvalue weighted by atomic mass is 9.74. The summed E-state index contributed by atoms with van der Waals surface area (Å²) in [6.45, 7) is 7.16. The van der Waals surface area contributed by atoms with E-state index in [1.54, 1.807) is 36.8 Å². The molecule has 9 heteroatoms. The average Bonchev–Trinajstić information content (AvgIpc) is 3.15. The van der Waals surface area contributed by atoms with E-state index in [-0.39, 0.29) is 41.7 Å². The van der Waals surface area contributed by atoms with E-state index in [2.05, 4.69) is 34.1 Å². The SMILES string of the molecule is COCC(C)N1CC(C(=O)NC2CC(C)(C)Cc3nc(-c4cnccn4)ncc32)CC1=O. The maximum Gasteiger partial charge on any atom is 0.225 e. The number of nitrogens with zero attached hydrogens (tertiary/aromatic N) is 5. The van der Waals surface area contributed by atoms with Crippen LogP contribution in [0.3, 0.4) is 0 Å². The first-order chi connectivity index (χ1) is 15.3. The molecule has 2 aliphatic rings. The molecule has 3 unspecified atom stereocenters. The molecule has 0 aromatic carbocycles. The van der Waals surface area contributed by atoms with Gasteiger partial charge in [0.05, 0.1) is 36.5 Å². The highest BCUT2D eigenvalue weighted by Gasteiger charge is 2.39. The van der Waals surface area contributed by atoms with E-state index in [0.29, 0.717) is 24.7 Å². The topological polar surface area (TPSA) is 110 Å². The molecular formula is C23H30N6O3. The quantitative estimate of drug-likeness (QED) is 0.734. The number of hydrogen-bond acceptors (Lipinski definition) is 7. The van der Waals surface area contributed by atoms with E-state index >= 15 is 0 Å². The zero-order valence-electron chi connectivity index (χ0n) is 19.0. The fourth-order valence-corrected chi connectivity index (χ4v) is 4.67. The Morgan fingerprint density at radius 3 is 2.84 bits per heavy atom. The van der Waals surface area contributed by atoms with Gasteiger partial charge in [-0.25, -0.2) is 15.0 Å². The van der Waals surface area contributed by atoms with E-state index in [1.165, 1.54) is 0 Å². The number of hydrogen-bond donors (Lipinski definition) is 1. The van der Waals surface area contributed by atoms with Crippen LogP contribution in [0.2, 0.25) is 0 Å². The number of nitrogens with one attached hydrogen (secondary N) is 1. The second kappa shape index (κ2) is 8.90. The molecule has 9 nitrogen and oxygen atoms in total. The molecule has 2 aromatic heterocycles. The maximum absolute atomic E-state index is 13.1. The van der Waals surface area contributed by atoms with Gasteiger partial charge in [-0.05, 0) is 25.2 Å². The Kier molecular flexibility index (Phi) is 6.19. The van der Waals surface area contributed by atoms with Gasteiger partial charge in [-0.15, -0.1) is 0 Å². The molecular weight excluding hydrogens is 408 g/mol. The van der Waals surface area contributed by atoms with Gasteiger partial charge in [0, 0.05) is 44.2 Å². The standard InChI is InChI=1S/C23H30N6O3/c1-14(13-32-4)29-12-15(7-20(29)30)22(31)28-18-9-23(2,3)8-17-16(18)10-26-21(27-17)19-11-24-5-6-25-19/h5-6,10-11,14-15,18H,7-9,12-13H2,1-4H3,(H,28,31). The summed E-state index contributed by atoms with van der Waals surface area (Å²) < 4.78 is 5.17. The van der Waals surface area contributed by atoms with Crippen LogP contribution in [0, 0.1) is 11.3 Å². The van der Waals surface area contributed by atoms with Crippen molar-refractivity contribution in [2.75, 3.05) is 20.3 Å². The van der Waals surface area contributed by atoms with Gasteiger partial charge in [-0.3, -0.25) is 14.6 Å². The summed E-state index contributed by atoms with van der Waals surface area (Å²) in [5, 5.41) is 3.19. The Bertz CT molecular complexity index is 996. The lowest BCUT2D eigenvalue weighted by molar-refractivity contribution is -0.131. The van der Waals surface area contributed by atoms with E-state index in [9.17, 15) is 9.59 Å². The minimum absolute atomic E-state index is 0.00369. The Hall–Kier alpha value is -2.94. The zero-order chi connectivity index (χ0) is 22.9. The maximum atomic E-state index is 13.1. The van der Waals surface area contributed by atoms with Crippen molar-refractivity contribution in [2.24, 2.45) is 11.3 Å². The number of rotatable bonds is 6. The molecule has 32 heavy (non-hydrogen) atoms. The molecule has 1 aliphatic heterocycles. The third-order valence-corrected chi connectivity index (χ3v) is 6.26. The minimum Gasteiger partial charge on any atom is -0.383 e. The Balaban J connectivity index is 1.52. The molecule has 1 N–H and O–H groups in total. The van der Waals surface area contributed by atoms with Crippen LogP contribution >= 0.6 is 0 Å². The van der Waals surface area contributed by atoms with E-state index in [4.69, 9.17) is 9.72 Å². The van der Waals surface area contributed by atoms with Crippen molar-refractivity contribution in [1.82, 2.24) is 30.2 Å². The number of ether oxygens (including phenoxy) is 1. The lowest BCUT2D eigenvalue weighted by Gasteiger charge is -2.37. The van der Waals surface area contributed by atoms with E-state index in [0.717, 1.165) is 24.1 Å². The minimum atomic E-state index is -0.366. The van der Waals surface area contributed by atoms with Crippen molar-refractivity contribution >= 4 is 11.8 Å². The van der Waals surface area contributed by atoms with Crippen molar-refractivity contribution < 1.29 is 14.3 Å². The first kappa shape index (κ1) is 22.3. The Morgan fingerprint density at radius 2 is 2.12 bits per heavy atom. The number of carbonyl (C=O) groups excluding carboxylic acids is 2. The Morgan fingerprint density at radius 1 is 1.31 bits per heavy atom. The highest BCUT2D eigenvalue weighted by atomic mass is 16.5. The zero-order valence-corrected chi connectivity index (χ0v) is 19.0. The van der Waals surface area contributed by atoms with Crippen LogP contribution in [0.5, 0.6) is 0 Å². The molecule has 3 heterocycles. The largest absolute Gasteiger partial charge is 0.383 e. The number of amides is 2. The molecule has 2 amide bonds. The van der Waals surface area contributed by atoms with Crippen molar-refractivity contribution in [3.63, 3.8) is 0 Å². The number of carbonyl (C=O) groups is 2. The predicted molar refractivity (Wildman–Crippen MR) is 117 cm³/mol. The highest BCUT2D eigenvalue weighted by molar-refractivity contribution is 5.89.